The van der Waals surface area contributed by atoms with Crippen LogP contribution in [0.2, 0.25) is 0 Å². The summed E-state index contributed by atoms with van der Waals surface area (Å²) in [6, 6.07) is 22.1. The number of hydrogen-bond donors (Lipinski definition) is 2. The number of anilines is 1. The third kappa shape index (κ3) is 3.40. The maximum Gasteiger partial charge on any atom is 0.257 e. The first-order valence-corrected chi connectivity index (χ1v) is 7.68. The molecule has 5 heteroatoms. The Bertz CT molecular complexity index is 953. The van der Waals surface area contributed by atoms with Crippen molar-refractivity contribution in [3.8, 4) is 6.07 Å². The molecule has 0 aliphatic heterocycles. The van der Waals surface area contributed by atoms with E-state index in [0.29, 0.717) is 11.1 Å². The molecule has 0 aliphatic carbocycles. The Labute approximate surface area is 144 Å². The second kappa shape index (κ2) is 6.90. The lowest BCUT2D eigenvalue weighted by atomic mass is 10.1. The number of thiocarbonyl (C=S) groups is 1. The lowest BCUT2D eigenvalue weighted by molar-refractivity contribution is 0.0977. The minimum Gasteiger partial charge on any atom is -0.332 e. The predicted octanol–water partition coefficient (Wildman–Crippen LogP) is 3.84. The fraction of sp³-hybridized carbons (Fsp3) is 0. The molecule has 2 N–H and O–H groups in total. The number of rotatable bonds is 2. The van der Waals surface area contributed by atoms with E-state index in [1.54, 1.807) is 24.3 Å². The number of nitrogens with one attached hydrogen (secondary N) is 2. The highest BCUT2D eigenvalue weighted by Crippen LogP contribution is 2.22. The molecule has 0 bridgehead atoms. The van der Waals surface area contributed by atoms with Crippen LogP contribution in [-0.2, 0) is 0 Å². The molecule has 0 saturated carbocycles. The summed E-state index contributed by atoms with van der Waals surface area (Å²) in [5.41, 5.74) is 1.78. The van der Waals surface area contributed by atoms with Gasteiger partial charge < -0.3 is 5.32 Å². The van der Waals surface area contributed by atoms with Gasteiger partial charge in [0.25, 0.3) is 5.91 Å². The van der Waals surface area contributed by atoms with Gasteiger partial charge in [-0.1, -0.05) is 36.4 Å². The fourth-order valence-electron chi connectivity index (χ4n) is 2.36. The first-order chi connectivity index (χ1) is 11.7. The summed E-state index contributed by atoms with van der Waals surface area (Å²) in [4.78, 5) is 12.2. The molecule has 116 valence electrons. The zero-order valence-electron chi connectivity index (χ0n) is 12.6. The molecule has 0 fully saturated rings. The van der Waals surface area contributed by atoms with Crippen LogP contribution in [0.5, 0.6) is 0 Å². The van der Waals surface area contributed by atoms with Gasteiger partial charge in [0.15, 0.2) is 5.11 Å². The van der Waals surface area contributed by atoms with Crippen LogP contribution in [-0.4, -0.2) is 11.0 Å². The number of hydrogen-bond acceptors (Lipinski definition) is 3. The molecule has 1 amide bonds. The van der Waals surface area contributed by atoms with Crippen LogP contribution in [0.15, 0.2) is 66.7 Å². The maximum atomic E-state index is 12.2. The zero-order valence-corrected chi connectivity index (χ0v) is 13.4. The lowest BCUT2D eigenvalue weighted by Gasteiger charge is -2.12. The van der Waals surface area contributed by atoms with Gasteiger partial charge in [0.1, 0.15) is 0 Å². The molecular weight excluding hydrogens is 318 g/mol. The van der Waals surface area contributed by atoms with Gasteiger partial charge in [0, 0.05) is 16.6 Å². The Morgan fingerprint density at radius 2 is 1.67 bits per heavy atom. The summed E-state index contributed by atoms with van der Waals surface area (Å²) >= 11 is 5.23. The van der Waals surface area contributed by atoms with E-state index in [1.807, 2.05) is 48.5 Å². The molecule has 24 heavy (non-hydrogen) atoms. The monoisotopic (exact) mass is 331 g/mol. The standard InChI is InChI=1S/C19H13N3OS/c20-12-13-8-10-15(11-9-13)18(23)22-19(24)21-17-7-3-5-14-4-1-2-6-16(14)17/h1-11H,(H2,21,22,23,24). The predicted molar refractivity (Wildman–Crippen MR) is 98.8 cm³/mol. The first kappa shape index (κ1) is 15.7. The van der Waals surface area contributed by atoms with Gasteiger partial charge in [0.2, 0.25) is 0 Å². The second-order valence-electron chi connectivity index (χ2n) is 5.12. The molecule has 3 aromatic rings. The highest BCUT2D eigenvalue weighted by atomic mass is 32.1. The van der Waals surface area contributed by atoms with Crippen molar-refractivity contribution >= 4 is 39.7 Å². The molecule has 0 heterocycles. The summed E-state index contributed by atoms with van der Waals surface area (Å²) in [6.45, 7) is 0. The third-order valence-corrected chi connectivity index (χ3v) is 3.75. The summed E-state index contributed by atoms with van der Waals surface area (Å²) in [6.07, 6.45) is 0. The molecule has 0 aliphatic rings. The lowest BCUT2D eigenvalue weighted by Crippen LogP contribution is -2.34. The largest absolute Gasteiger partial charge is 0.332 e. The van der Waals surface area contributed by atoms with Gasteiger partial charge in [-0.3, -0.25) is 10.1 Å². The fourth-order valence-corrected chi connectivity index (χ4v) is 2.56. The van der Waals surface area contributed by atoms with Crippen LogP contribution in [0.4, 0.5) is 5.69 Å². The van der Waals surface area contributed by atoms with Crippen LogP contribution < -0.4 is 10.6 Å². The smallest absolute Gasteiger partial charge is 0.257 e. The summed E-state index contributed by atoms with van der Waals surface area (Å²) in [5, 5.41) is 16.8. The van der Waals surface area contributed by atoms with Gasteiger partial charge in [-0.15, -0.1) is 0 Å². The molecular formula is C19H13N3OS. The van der Waals surface area contributed by atoms with Gasteiger partial charge in [0.05, 0.1) is 11.6 Å². The molecule has 0 spiro atoms. The molecule has 0 radical (unpaired) electrons. The van der Waals surface area contributed by atoms with E-state index in [2.05, 4.69) is 10.6 Å². The number of carbonyl (C=O) groups is 1. The van der Waals surface area contributed by atoms with Gasteiger partial charge >= 0.3 is 0 Å². The summed E-state index contributed by atoms with van der Waals surface area (Å²) < 4.78 is 0. The average molecular weight is 331 g/mol. The van der Waals surface area contributed by atoms with E-state index in [9.17, 15) is 4.79 Å². The second-order valence-corrected chi connectivity index (χ2v) is 5.53. The van der Waals surface area contributed by atoms with Crippen molar-refractivity contribution in [1.82, 2.24) is 5.32 Å². The molecule has 0 atom stereocenters. The Morgan fingerprint density at radius 3 is 2.42 bits per heavy atom. The van der Waals surface area contributed by atoms with Gasteiger partial charge in [-0.25, -0.2) is 0 Å². The number of carbonyl (C=O) groups excluding carboxylic acids is 1. The SMILES string of the molecule is N#Cc1ccc(C(=O)NC(=S)Nc2cccc3ccccc23)cc1. The minimum absolute atomic E-state index is 0.223. The van der Waals surface area contributed by atoms with Gasteiger partial charge in [-0.05, 0) is 47.9 Å². The van der Waals surface area contributed by atoms with Crippen molar-refractivity contribution in [1.29, 1.82) is 5.26 Å². The van der Waals surface area contributed by atoms with Crippen LogP contribution in [0.3, 0.4) is 0 Å². The zero-order chi connectivity index (χ0) is 16.9. The topological polar surface area (TPSA) is 64.9 Å². The van der Waals surface area contributed by atoms with Crippen LogP contribution in [0.25, 0.3) is 10.8 Å². The Balaban J connectivity index is 1.72. The van der Waals surface area contributed by atoms with E-state index < -0.39 is 0 Å². The van der Waals surface area contributed by atoms with Crippen LogP contribution in [0, 0.1) is 11.3 Å². The first-order valence-electron chi connectivity index (χ1n) is 7.27. The Kier molecular flexibility index (Phi) is 4.50. The minimum atomic E-state index is -0.322. The molecule has 4 nitrogen and oxygen atoms in total. The molecule has 0 aromatic heterocycles. The van der Waals surface area contributed by atoms with Crippen molar-refractivity contribution in [2.75, 3.05) is 5.32 Å². The highest BCUT2D eigenvalue weighted by Gasteiger charge is 2.09. The van der Waals surface area contributed by atoms with Crippen molar-refractivity contribution in [3.63, 3.8) is 0 Å². The summed E-state index contributed by atoms with van der Waals surface area (Å²) in [7, 11) is 0. The number of benzene rings is 3. The normalized spacial score (nSPS) is 9.96. The molecule has 3 aromatic carbocycles. The van der Waals surface area contributed by atoms with E-state index in [1.165, 1.54) is 0 Å². The Hall–Kier alpha value is -3.23. The molecule has 0 saturated heterocycles. The number of nitriles is 1. The van der Waals surface area contributed by atoms with E-state index in [-0.39, 0.29) is 11.0 Å². The average Bonchev–Trinajstić information content (AvgIpc) is 2.62. The van der Waals surface area contributed by atoms with Gasteiger partial charge in [-0.2, -0.15) is 5.26 Å². The van der Waals surface area contributed by atoms with Crippen LogP contribution >= 0.6 is 12.2 Å². The quantitative estimate of drug-likeness (QED) is 0.700. The summed E-state index contributed by atoms with van der Waals surface area (Å²) in [5.74, 6) is -0.322. The van der Waals surface area contributed by atoms with Crippen molar-refractivity contribution in [2.24, 2.45) is 0 Å². The number of fused-ring (bicyclic) bond motifs is 1. The van der Waals surface area contributed by atoms with E-state index in [0.717, 1.165) is 16.5 Å². The third-order valence-electron chi connectivity index (χ3n) is 3.54. The number of nitrogens with zero attached hydrogens (tertiary/aromatic N) is 1. The maximum absolute atomic E-state index is 12.2. The van der Waals surface area contributed by atoms with Crippen molar-refractivity contribution < 1.29 is 4.79 Å². The molecule has 0 unspecified atom stereocenters. The van der Waals surface area contributed by atoms with E-state index >= 15 is 0 Å². The van der Waals surface area contributed by atoms with Crippen molar-refractivity contribution in [2.45, 2.75) is 0 Å². The van der Waals surface area contributed by atoms with Crippen LogP contribution in [0.1, 0.15) is 15.9 Å². The Morgan fingerprint density at radius 1 is 0.958 bits per heavy atom. The van der Waals surface area contributed by atoms with E-state index in [4.69, 9.17) is 17.5 Å². The molecule has 3 rings (SSSR count). The van der Waals surface area contributed by atoms with Crippen molar-refractivity contribution in [3.05, 3.63) is 77.9 Å². The highest BCUT2D eigenvalue weighted by molar-refractivity contribution is 7.80. The number of amides is 1.